The molecule has 4 heteroatoms. The van der Waals surface area contributed by atoms with E-state index in [9.17, 15) is 4.79 Å². The van der Waals surface area contributed by atoms with Crippen LogP contribution in [0.25, 0.3) is 6.08 Å². The van der Waals surface area contributed by atoms with E-state index in [2.05, 4.69) is 64.2 Å². The molecule has 0 aliphatic carbocycles. The number of nitrogens with zero attached hydrogens (tertiary/aromatic N) is 1. The molecule has 1 N–H and O–H groups in total. The smallest absolute Gasteiger partial charge is 0.274 e. The Hall–Kier alpha value is -1.68. The molecule has 0 radical (unpaired) electrons. The highest BCUT2D eigenvalue weighted by molar-refractivity contribution is 7.80. The van der Waals surface area contributed by atoms with Crippen LogP contribution in [0.2, 0.25) is 0 Å². The van der Waals surface area contributed by atoms with E-state index < -0.39 is 0 Å². The summed E-state index contributed by atoms with van der Waals surface area (Å²) < 4.78 is 0. The zero-order chi connectivity index (χ0) is 17.2. The van der Waals surface area contributed by atoms with Gasteiger partial charge in [-0.2, -0.15) is 0 Å². The maximum absolute atomic E-state index is 12.2. The summed E-state index contributed by atoms with van der Waals surface area (Å²) in [6, 6.07) is 8.36. The van der Waals surface area contributed by atoms with Gasteiger partial charge in [0.15, 0.2) is 5.11 Å². The minimum atomic E-state index is -0.112. The van der Waals surface area contributed by atoms with Crippen LogP contribution in [-0.2, 0) is 10.2 Å². The van der Waals surface area contributed by atoms with E-state index in [1.807, 2.05) is 11.0 Å². The standard InChI is InChI=1S/C19H26N2OS/c1-13(2)10-11-21-16(17(22)20-18(21)23)12-14-6-8-15(9-7-14)19(3,4)5/h6-9,12-13H,10-11H2,1-5H3,(H,20,22,23)/b16-12+. The Labute approximate surface area is 144 Å². The second kappa shape index (κ2) is 6.83. The van der Waals surface area contributed by atoms with Crippen LogP contribution in [0.1, 0.15) is 52.2 Å². The Morgan fingerprint density at radius 1 is 1.22 bits per heavy atom. The zero-order valence-corrected chi connectivity index (χ0v) is 15.5. The number of nitrogens with one attached hydrogen (secondary N) is 1. The first-order valence-corrected chi connectivity index (χ1v) is 8.54. The third-order valence-corrected chi connectivity index (χ3v) is 4.32. The van der Waals surface area contributed by atoms with Gasteiger partial charge in [0.2, 0.25) is 0 Å². The number of rotatable bonds is 4. The molecule has 2 rings (SSSR count). The van der Waals surface area contributed by atoms with E-state index in [-0.39, 0.29) is 11.3 Å². The second-order valence-corrected chi connectivity index (χ2v) is 7.88. The van der Waals surface area contributed by atoms with Crippen molar-refractivity contribution in [2.24, 2.45) is 5.92 Å². The number of carbonyl (C=O) groups is 1. The molecule has 1 aromatic rings. The summed E-state index contributed by atoms with van der Waals surface area (Å²) in [6.07, 6.45) is 2.91. The van der Waals surface area contributed by atoms with Crippen molar-refractivity contribution >= 4 is 29.3 Å². The van der Waals surface area contributed by atoms with Gasteiger partial charge in [0, 0.05) is 6.54 Å². The molecule has 23 heavy (non-hydrogen) atoms. The highest BCUT2D eigenvalue weighted by atomic mass is 32.1. The molecule has 0 bridgehead atoms. The average molecular weight is 330 g/mol. The van der Waals surface area contributed by atoms with Crippen molar-refractivity contribution in [3.63, 3.8) is 0 Å². The molecule has 0 atom stereocenters. The van der Waals surface area contributed by atoms with Gasteiger partial charge in [-0.3, -0.25) is 10.1 Å². The quantitative estimate of drug-likeness (QED) is 0.667. The normalized spacial score (nSPS) is 17.3. The molecule has 124 valence electrons. The topological polar surface area (TPSA) is 32.3 Å². The molecular formula is C19H26N2OS. The van der Waals surface area contributed by atoms with Crippen LogP contribution in [0.4, 0.5) is 0 Å². The molecule has 1 amide bonds. The summed E-state index contributed by atoms with van der Waals surface area (Å²) in [5, 5.41) is 3.25. The van der Waals surface area contributed by atoms with Gasteiger partial charge in [0.05, 0.1) is 0 Å². The van der Waals surface area contributed by atoms with Crippen molar-refractivity contribution in [2.75, 3.05) is 6.54 Å². The summed E-state index contributed by atoms with van der Waals surface area (Å²) in [4.78, 5) is 14.1. The lowest BCUT2D eigenvalue weighted by atomic mass is 9.86. The van der Waals surface area contributed by atoms with Gasteiger partial charge in [-0.25, -0.2) is 0 Å². The van der Waals surface area contributed by atoms with Gasteiger partial charge < -0.3 is 4.90 Å². The van der Waals surface area contributed by atoms with Crippen LogP contribution in [0.5, 0.6) is 0 Å². The van der Waals surface area contributed by atoms with E-state index in [1.54, 1.807) is 0 Å². The Morgan fingerprint density at radius 2 is 1.83 bits per heavy atom. The Morgan fingerprint density at radius 3 is 2.35 bits per heavy atom. The monoisotopic (exact) mass is 330 g/mol. The SMILES string of the molecule is CC(C)CCN1C(=S)NC(=O)/C1=C\c1ccc(C(C)(C)C)cc1. The van der Waals surface area contributed by atoms with Crippen LogP contribution in [0.3, 0.4) is 0 Å². The van der Waals surface area contributed by atoms with Crippen LogP contribution in [-0.4, -0.2) is 22.5 Å². The largest absolute Gasteiger partial charge is 0.314 e. The highest BCUT2D eigenvalue weighted by Crippen LogP contribution is 2.24. The maximum atomic E-state index is 12.2. The molecule has 1 saturated heterocycles. The summed E-state index contributed by atoms with van der Waals surface area (Å²) in [6.45, 7) is 11.7. The van der Waals surface area contributed by atoms with E-state index >= 15 is 0 Å². The molecular weight excluding hydrogens is 304 g/mol. The van der Waals surface area contributed by atoms with Crippen molar-refractivity contribution in [1.29, 1.82) is 0 Å². The highest BCUT2D eigenvalue weighted by Gasteiger charge is 2.29. The molecule has 1 aliphatic heterocycles. The van der Waals surface area contributed by atoms with Crippen LogP contribution < -0.4 is 5.32 Å². The number of hydrogen-bond donors (Lipinski definition) is 1. The number of amides is 1. The van der Waals surface area contributed by atoms with Crippen LogP contribution in [0, 0.1) is 5.92 Å². The molecule has 1 aliphatic rings. The minimum absolute atomic E-state index is 0.112. The van der Waals surface area contributed by atoms with Gasteiger partial charge in [0.1, 0.15) is 5.70 Å². The maximum Gasteiger partial charge on any atom is 0.274 e. The number of carbonyl (C=O) groups excluding carboxylic acids is 1. The fraction of sp³-hybridized carbons (Fsp3) is 0.474. The molecule has 3 nitrogen and oxygen atoms in total. The minimum Gasteiger partial charge on any atom is -0.314 e. The van der Waals surface area contributed by atoms with Crippen LogP contribution >= 0.6 is 12.2 Å². The predicted octanol–water partition coefficient (Wildman–Crippen LogP) is 4.09. The first-order chi connectivity index (χ1) is 10.7. The second-order valence-electron chi connectivity index (χ2n) is 7.50. The number of thiocarbonyl (C=S) groups is 1. The van der Waals surface area contributed by atoms with Crippen molar-refractivity contribution < 1.29 is 4.79 Å². The van der Waals surface area contributed by atoms with Crippen molar-refractivity contribution in [3.05, 3.63) is 41.1 Å². The Bertz CT molecular complexity index is 624. The van der Waals surface area contributed by atoms with Gasteiger partial charge in [-0.05, 0) is 47.2 Å². The van der Waals surface area contributed by atoms with Crippen molar-refractivity contribution in [2.45, 2.75) is 46.5 Å². The summed E-state index contributed by atoms with van der Waals surface area (Å²) >= 11 is 5.29. The molecule has 1 heterocycles. The van der Waals surface area contributed by atoms with E-state index in [4.69, 9.17) is 12.2 Å². The van der Waals surface area contributed by atoms with Crippen LogP contribution in [0.15, 0.2) is 30.0 Å². The lowest BCUT2D eigenvalue weighted by Crippen LogP contribution is -2.28. The Balaban J connectivity index is 2.24. The third kappa shape index (κ3) is 4.41. The summed E-state index contributed by atoms with van der Waals surface area (Å²) in [7, 11) is 0. The molecule has 0 unspecified atom stereocenters. The fourth-order valence-electron chi connectivity index (χ4n) is 2.45. The lowest BCUT2D eigenvalue weighted by molar-refractivity contribution is -0.115. The first kappa shape index (κ1) is 17.7. The molecule has 0 saturated carbocycles. The molecule has 0 aromatic heterocycles. The Kier molecular flexibility index (Phi) is 5.25. The fourth-order valence-corrected chi connectivity index (χ4v) is 2.73. The molecule has 0 spiro atoms. The summed E-state index contributed by atoms with van der Waals surface area (Å²) in [5.74, 6) is 0.458. The van der Waals surface area contributed by atoms with E-state index in [0.29, 0.717) is 16.7 Å². The molecule has 1 fully saturated rings. The summed E-state index contributed by atoms with van der Waals surface area (Å²) in [5.41, 5.74) is 3.06. The van der Waals surface area contributed by atoms with Crippen molar-refractivity contribution in [3.8, 4) is 0 Å². The van der Waals surface area contributed by atoms with E-state index in [1.165, 1.54) is 5.56 Å². The lowest BCUT2D eigenvalue weighted by Gasteiger charge is -2.20. The number of benzene rings is 1. The number of hydrogen-bond acceptors (Lipinski definition) is 2. The predicted molar refractivity (Wildman–Crippen MR) is 100 cm³/mol. The average Bonchev–Trinajstić information content (AvgIpc) is 2.70. The van der Waals surface area contributed by atoms with Gasteiger partial charge in [-0.1, -0.05) is 58.9 Å². The molecule has 1 aromatic carbocycles. The van der Waals surface area contributed by atoms with Gasteiger partial charge >= 0.3 is 0 Å². The van der Waals surface area contributed by atoms with E-state index in [0.717, 1.165) is 18.5 Å². The van der Waals surface area contributed by atoms with Gasteiger partial charge in [0.25, 0.3) is 5.91 Å². The van der Waals surface area contributed by atoms with Crippen molar-refractivity contribution in [1.82, 2.24) is 10.2 Å². The van der Waals surface area contributed by atoms with Gasteiger partial charge in [-0.15, -0.1) is 0 Å². The zero-order valence-electron chi connectivity index (χ0n) is 14.6. The third-order valence-electron chi connectivity index (χ3n) is 4.00. The first-order valence-electron chi connectivity index (χ1n) is 8.13.